The lowest BCUT2D eigenvalue weighted by Crippen LogP contribution is -2.47. The highest BCUT2D eigenvalue weighted by Gasteiger charge is 2.19. The van der Waals surface area contributed by atoms with E-state index in [1.54, 1.807) is 0 Å². The monoisotopic (exact) mass is 326 g/mol. The Balaban J connectivity index is 2.20. The summed E-state index contributed by atoms with van der Waals surface area (Å²) in [6.45, 7) is 5.91. The van der Waals surface area contributed by atoms with Crippen LogP contribution in [0.5, 0.6) is 0 Å². The first kappa shape index (κ1) is 15.2. The van der Waals surface area contributed by atoms with Crippen molar-refractivity contribution in [1.29, 1.82) is 0 Å². The number of halogens is 1. The Morgan fingerprint density at radius 2 is 1.95 bits per heavy atom. The molecule has 0 aliphatic rings. The molecule has 2 rings (SSSR count). The molecule has 0 spiro atoms. The number of thiophene rings is 1. The highest BCUT2D eigenvalue weighted by atomic mass is 35.5. The van der Waals surface area contributed by atoms with E-state index in [-0.39, 0.29) is 11.4 Å². The number of carbonyl (C=O) groups is 1. The zero-order valence-electron chi connectivity index (χ0n) is 11.4. The van der Waals surface area contributed by atoms with Gasteiger partial charge in [0.25, 0.3) is 5.91 Å². The predicted octanol–water partition coefficient (Wildman–Crippen LogP) is 3.96. The van der Waals surface area contributed by atoms with Crippen LogP contribution in [0.2, 0.25) is 5.02 Å². The molecule has 1 aromatic carbocycles. The first-order chi connectivity index (χ1) is 9.28. The molecule has 2 N–H and O–H groups in total. The molecule has 0 aliphatic heterocycles. The van der Waals surface area contributed by atoms with Crippen LogP contribution in [0.4, 0.5) is 0 Å². The van der Waals surface area contributed by atoms with Crippen molar-refractivity contribution < 1.29 is 4.79 Å². The van der Waals surface area contributed by atoms with Gasteiger partial charge in [-0.05, 0) is 39.1 Å². The van der Waals surface area contributed by atoms with E-state index in [2.05, 4.69) is 10.6 Å². The van der Waals surface area contributed by atoms with Crippen molar-refractivity contribution in [2.75, 3.05) is 0 Å². The third-order valence-corrected chi connectivity index (χ3v) is 4.34. The quantitative estimate of drug-likeness (QED) is 0.779. The zero-order chi connectivity index (χ0) is 14.9. The highest BCUT2D eigenvalue weighted by Crippen LogP contribution is 2.34. The van der Waals surface area contributed by atoms with Crippen LogP contribution >= 0.6 is 35.2 Å². The van der Waals surface area contributed by atoms with Crippen molar-refractivity contribution in [2.24, 2.45) is 0 Å². The zero-order valence-corrected chi connectivity index (χ0v) is 13.8. The fourth-order valence-corrected chi connectivity index (χ4v) is 3.50. The van der Waals surface area contributed by atoms with Gasteiger partial charge in [-0.3, -0.25) is 10.1 Å². The van der Waals surface area contributed by atoms with Gasteiger partial charge in [-0.2, -0.15) is 0 Å². The molecule has 1 heterocycles. The number of carbonyl (C=O) groups excluding carboxylic acids is 1. The van der Waals surface area contributed by atoms with Crippen LogP contribution in [0, 0.1) is 0 Å². The van der Waals surface area contributed by atoms with E-state index in [0.29, 0.717) is 15.0 Å². The Hall–Kier alpha value is -1.17. The Bertz CT molecular complexity index is 673. The van der Waals surface area contributed by atoms with Crippen LogP contribution in [0.1, 0.15) is 30.4 Å². The maximum Gasteiger partial charge on any atom is 0.269 e. The summed E-state index contributed by atoms with van der Waals surface area (Å²) in [6.07, 6.45) is 0. The van der Waals surface area contributed by atoms with Crippen molar-refractivity contribution in [3.05, 3.63) is 34.2 Å². The van der Waals surface area contributed by atoms with Crippen molar-refractivity contribution >= 4 is 56.3 Å². The number of rotatable bonds is 1. The van der Waals surface area contributed by atoms with E-state index in [0.717, 1.165) is 10.1 Å². The molecule has 3 nitrogen and oxygen atoms in total. The largest absolute Gasteiger partial charge is 0.358 e. The maximum absolute atomic E-state index is 12.2. The minimum Gasteiger partial charge on any atom is -0.358 e. The summed E-state index contributed by atoms with van der Waals surface area (Å²) in [4.78, 5) is 12.7. The van der Waals surface area contributed by atoms with Gasteiger partial charge in [0.2, 0.25) is 0 Å². The Labute approximate surface area is 132 Å². The summed E-state index contributed by atoms with van der Waals surface area (Å²) in [5, 5.41) is 7.36. The van der Waals surface area contributed by atoms with Gasteiger partial charge in [-0.25, -0.2) is 0 Å². The van der Waals surface area contributed by atoms with E-state index >= 15 is 0 Å². The smallest absolute Gasteiger partial charge is 0.269 e. The van der Waals surface area contributed by atoms with Gasteiger partial charge in [-0.1, -0.05) is 29.8 Å². The fourth-order valence-electron chi connectivity index (χ4n) is 1.69. The van der Waals surface area contributed by atoms with Gasteiger partial charge in [0.05, 0.1) is 5.02 Å². The lowest BCUT2D eigenvalue weighted by molar-refractivity contribution is 0.0980. The third kappa shape index (κ3) is 3.48. The molecule has 6 heteroatoms. The number of thiocarbonyl (C=S) groups is 1. The lowest BCUT2D eigenvalue weighted by atomic mass is 10.1. The average molecular weight is 327 g/mol. The first-order valence-corrected chi connectivity index (χ1v) is 7.69. The number of fused-ring (bicyclic) bond motifs is 1. The topological polar surface area (TPSA) is 41.1 Å². The average Bonchev–Trinajstić information content (AvgIpc) is 2.65. The predicted molar refractivity (Wildman–Crippen MR) is 89.8 cm³/mol. The van der Waals surface area contributed by atoms with Gasteiger partial charge in [0.15, 0.2) is 5.11 Å². The molecule has 2 aromatic rings. The van der Waals surface area contributed by atoms with Crippen LogP contribution in [0.3, 0.4) is 0 Å². The molecule has 0 saturated carbocycles. The second-order valence-corrected chi connectivity index (χ2v) is 7.24. The maximum atomic E-state index is 12.2. The molecule has 0 aliphatic carbocycles. The standard InChI is InChI=1S/C14H15ClN2OS2/c1-14(2,3)17-13(19)16-12(18)11-10(15)8-6-4-5-7-9(8)20-11/h4-7H,1-3H3,(H2,16,17,18,19). The molecule has 0 fully saturated rings. The van der Waals surface area contributed by atoms with Gasteiger partial charge in [0.1, 0.15) is 4.88 Å². The molecule has 0 atom stereocenters. The minimum absolute atomic E-state index is 0.200. The first-order valence-electron chi connectivity index (χ1n) is 6.08. The third-order valence-electron chi connectivity index (χ3n) is 2.46. The molecule has 20 heavy (non-hydrogen) atoms. The molecular weight excluding hydrogens is 312 g/mol. The van der Waals surface area contributed by atoms with E-state index in [1.165, 1.54) is 11.3 Å². The second kappa shape index (κ2) is 5.68. The van der Waals surface area contributed by atoms with Crippen LogP contribution in [0.25, 0.3) is 10.1 Å². The van der Waals surface area contributed by atoms with Crippen molar-refractivity contribution in [1.82, 2.24) is 10.6 Å². The summed E-state index contributed by atoms with van der Waals surface area (Å²) in [5.41, 5.74) is -0.200. The summed E-state index contributed by atoms with van der Waals surface area (Å²) in [5.74, 6) is -0.280. The molecule has 106 valence electrons. The van der Waals surface area contributed by atoms with E-state index in [1.807, 2.05) is 45.0 Å². The van der Waals surface area contributed by atoms with Crippen LogP contribution in [-0.4, -0.2) is 16.6 Å². The molecule has 0 unspecified atom stereocenters. The molecule has 1 aromatic heterocycles. The van der Waals surface area contributed by atoms with Crippen LogP contribution < -0.4 is 10.6 Å². The Morgan fingerprint density at radius 3 is 2.55 bits per heavy atom. The lowest BCUT2D eigenvalue weighted by Gasteiger charge is -2.22. The molecule has 0 saturated heterocycles. The minimum atomic E-state index is -0.280. The Morgan fingerprint density at radius 1 is 1.30 bits per heavy atom. The molecule has 1 amide bonds. The number of hydrogen-bond acceptors (Lipinski definition) is 3. The second-order valence-electron chi connectivity index (χ2n) is 5.40. The summed E-state index contributed by atoms with van der Waals surface area (Å²) in [7, 11) is 0. The van der Waals surface area contributed by atoms with Crippen LogP contribution in [-0.2, 0) is 0 Å². The van der Waals surface area contributed by atoms with Gasteiger partial charge < -0.3 is 5.32 Å². The fraction of sp³-hybridized carbons (Fsp3) is 0.286. The number of nitrogens with one attached hydrogen (secondary N) is 2. The van der Waals surface area contributed by atoms with Crippen molar-refractivity contribution in [3.63, 3.8) is 0 Å². The SMILES string of the molecule is CC(C)(C)NC(=S)NC(=O)c1sc2ccccc2c1Cl. The molecule has 0 bridgehead atoms. The summed E-state index contributed by atoms with van der Waals surface area (Å²) < 4.78 is 0.984. The van der Waals surface area contributed by atoms with Gasteiger partial charge in [0, 0.05) is 15.6 Å². The van der Waals surface area contributed by atoms with E-state index in [4.69, 9.17) is 23.8 Å². The molecule has 0 radical (unpaired) electrons. The summed E-state index contributed by atoms with van der Waals surface area (Å²) >= 11 is 12.7. The highest BCUT2D eigenvalue weighted by molar-refractivity contribution is 7.80. The van der Waals surface area contributed by atoms with Gasteiger partial charge >= 0.3 is 0 Å². The van der Waals surface area contributed by atoms with Crippen LogP contribution in [0.15, 0.2) is 24.3 Å². The number of hydrogen-bond donors (Lipinski definition) is 2. The van der Waals surface area contributed by atoms with Crippen molar-refractivity contribution in [3.8, 4) is 0 Å². The number of benzene rings is 1. The number of amides is 1. The normalized spacial score (nSPS) is 11.4. The van der Waals surface area contributed by atoms with Crippen molar-refractivity contribution in [2.45, 2.75) is 26.3 Å². The van der Waals surface area contributed by atoms with E-state index < -0.39 is 0 Å². The molecular formula is C14H15ClN2OS2. The van der Waals surface area contributed by atoms with Gasteiger partial charge in [-0.15, -0.1) is 11.3 Å². The van der Waals surface area contributed by atoms with E-state index in [9.17, 15) is 4.79 Å². The summed E-state index contributed by atoms with van der Waals surface area (Å²) in [6, 6.07) is 7.65. The Kier molecular flexibility index (Phi) is 4.32.